The summed E-state index contributed by atoms with van der Waals surface area (Å²) in [6.07, 6.45) is 1.55. The lowest BCUT2D eigenvalue weighted by Crippen LogP contribution is -2.29. The lowest BCUT2D eigenvalue weighted by Gasteiger charge is -2.33. The molecule has 0 aliphatic heterocycles. The molecule has 22 heavy (non-hydrogen) atoms. The number of benzene rings is 2. The maximum absolute atomic E-state index is 12.7. The van der Waals surface area contributed by atoms with Crippen LogP contribution in [0.5, 0.6) is 0 Å². The molecule has 0 heterocycles. The molecule has 1 aliphatic rings. The monoisotopic (exact) mass is 290 g/mol. The van der Waals surface area contributed by atoms with E-state index in [1.165, 1.54) is 11.1 Å². The van der Waals surface area contributed by atoms with Gasteiger partial charge in [0.25, 0.3) is 0 Å². The Morgan fingerprint density at radius 1 is 1.09 bits per heavy atom. The first-order chi connectivity index (χ1) is 10.5. The van der Waals surface area contributed by atoms with Crippen LogP contribution >= 0.6 is 0 Å². The van der Waals surface area contributed by atoms with E-state index in [1.807, 2.05) is 18.2 Å². The molecule has 0 amide bonds. The highest BCUT2D eigenvalue weighted by atomic mass is 16.1. The van der Waals surface area contributed by atoms with Gasteiger partial charge < -0.3 is 0 Å². The van der Waals surface area contributed by atoms with E-state index in [9.17, 15) is 4.79 Å². The van der Waals surface area contributed by atoms with E-state index in [2.05, 4.69) is 56.8 Å². The van der Waals surface area contributed by atoms with Crippen LogP contribution in [-0.4, -0.2) is 5.78 Å². The van der Waals surface area contributed by atoms with Gasteiger partial charge in [-0.3, -0.25) is 4.79 Å². The van der Waals surface area contributed by atoms with Gasteiger partial charge in [-0.2, -0.15) is 0 Å². The van der Waals surface area contributed by atoms with E-state index in [4.69, 9.17) is 0 Å². The second-order valence-corrected chi connectivity index (χ2v) is 6.47. The molecular weight excluding hydrogens is 268 g/mol. The molecule has 2 aromatic rings. The second-order valence-electron chi connectivity index (χ2n) is 6.47. The van der Waals surface area contributed by atoms with Gasteiger partial charge >= 0.3 is 0 Å². The summed E-state index contributed by atoms with van der Waals surface area (Å²) in [5.41, 5.74) is 3.98. The summed E-state index contributed by atoms with van der Waals surface area (Å²) in [5, 5.41) is 0. The predicted molar refractivity (Wildman–Crippen MR) is 91.7 cm³/mol. The van der Waals surface area contributed by atoms with Crippen LogP contribution in [0.4, 0.5) is 0 Å². The van der Waals surface area contributed by atoms with Gasteiger partial charge in [0.1, 0.15) is 5.78 Å². The van der Waals surface area contributed by atoms with Crippen LogP contribution < -0.4 is 0 Å². The van der Waals surface area contributed by atoms with Gasteiger partial charge in [-0.1, -0.05) is 66.7 Å². The van der Waals surface area contributed by atoms with Crippen LogP contribution in [0, 0.1) is 12.3 Å². The molecule has 1 heteroatoms. The fourth-order valence-corrected chi connectivity index (χ4v) is 3.64. The minimum atomic E-state index is -0.503. The zero-order chi connectivity index (χ0) is 15.7. The zero-order valence-corrected chi connectivity index (χ0v) is 13.3. The highest BCUT2D eigenvalue weighted by Crippen LogP contribution is 2.53. The molecule has 0 aromatic heterocycles. The summed E-state index contributed by atoms with van der Waals surface area (Å²) in [5.74, 6) is 0.530. The molecule has 0 spiro atoms. The van der Waals surface area contributed by atoms with Crippen LogP contribution in [0.1, 0.15) is 42.4 Å². The van der Waals surface area contributed by atoms with Crippen molar-refractivity contribution in [3.8, 4) is 0 Å². The van der Waals surface area contributed by atoms with E-state index < -0.39 is 5.41 Å². The van der Waals surface area contributed by atoms with Gasteiger partial charge in [0.2, 0.25) is 0 Å². The van der Waals surface area contributed by atoms with Crippen LogP contribution in [0.15, 0.2) is 61.2 Å². The molecule has 0 radical (unpaired) electrons. The first-order valence-corrected chi connectivity index (χ1v) is 7.88. The normalized spacial score (nSPS) is 24.5. The molecule has 112 valence electrons. The Morgan fingerprint density at radius 3 is 2.36 bits per heavy atom. The first kappa shape index (κ1) is 14.8. The number of rotatable bonds is 3. The van der Waals surface area contributed by atoms with Crippen molar-refractivity contribution in [3.05, 3.63) is 77.9 Å². The third-order valence-corrected chi connectivity index (χ3v) is 5.17. The van der Waals surface area contributed by atoms with E-state index in [-0.39, 0.29) is 5.92 Å². The predicted octanol–water partition coefficient (Wildman–Crippen LogP) is 5.16. The quantitative estimate of drug-likeness (QED) is 0.763. The number of Topliss-reactive ketones (excluding diaryl/α,β-unsaturated/α-hetero) is 1. The zero-order valence-electron chi connectivity index (χ0n) is 13.3. The summed E-state index contributed by atoms with van der Waals surface area (Å²) in [6.45, 7) is 8.46. The number of allylic oxidation sites excluding steroid dienone is 1. The third-order valence-electron chi connectivity index (χ3n) is 5.17. The summed E-state index contributed by atoms with van der Waals surface area (Å²) >= 11 is 0. The van der Waals surface area contributed by atoms with E-state index >= 15 is 0 Å². The third kappa shape index (κ3) is 2.31. The Kier molecular flexibility index (Phi) is 3.74. The molecule has 0 bridgehead atoms. The first-order valence-electron chi connectivity index (χ1n) is 7.88. The lowest BCUT2D eigenvalue weighted by atomic mass is 9.69. The average molecular weight is 290 g/mol. The second kappa shape index (κ2) is 5.57. The Morgan fingerprint density at radius 2 is 1.73 bits per heavy atom. The molecule has 3 rings (SSSR count). The topological polar surface area (TPSA) is 17.1 Å². The molecule has 2 atom stereocenters. The highest BCUT2D eigenvalue weighted by molar-refractivity contribution is 6.00. The van der Waals surface area contributed by atoms with Crippen LogP contribution in [0.2, 0.25) is 0 Å². The van der Waals surface area contributed by atoms with Crippen molar-refractivity contribution in [1.29, 1.82) is 0 Å². The summed E-state index contributed by atoms with van der Waals surface area (Å²) in [4.78, 5) is 12.7. The Balaban J connectivity index is 2.02. The molecule has 1 fully saturated rings. The lowest BCUT2D eigenvalue weighted by molar-refractivity contribution is -0.122. The van der Waals surface area contributed by atoms with Crippen molar-refractivity contribution in [1.82, 2.24) is 0 Å². The van der Waals surface area contributed by atoms with E-state index in [0.29, 0.717) is 12.2 Å². The van der Waals surface area contributed by atoms with Gasteiger partial charge in [0.05, 0.1) is 5.41 Å². The number of hydrogen-bond donors (Lipinski definition) is 0. The van der Waals surface area contributed by atoms with Gasteiger partial charge in [-0.25, -0.2) is 0 Å². The molecule has 1 saturated carbocycles. The molecule has 0 unspecified atom stereocenters. The Bertz CT molecular complexity index is 696. The molecule has 2 aromatic carbocycles. The minimum absolute atomic E-state index is 0.218. The average Bonchev–Trinajstić information content (AvgIpc) is 2.85. The van der Waals surface area contributed by atoms with Gasteiger partial charge in [0, 0.05) is 12.3 Å². The van der Waals surface area contributed by atoms with Gasteiger partial charge in [0.15, 0.2) is 0 Å². The summed E-state index contributed by atoms with van der Waals surface area (Å²) in [6, 6.07) is 18.7. The van der Waals surface area contributed by atoms with Crippen molar-refractivity contribution in [3.63, 3.8) is 0 Å². The Labute approximate surface area is 132 Å². The van der Waals surface area contributed by atoms with Crippen LogP contribution in [-0.2, 0) is 4.79 Å². The van der Waals surface area contributed by atoms with Crippen molar-refractivity contribution in [2.45, 2.75) is 32.6 Å². The van der Waals surface area contributed by atoms with E-state index in [0.717, 1.165) is 17.6 Å². The van der Waals surface area contributed by atoms with Gasteiger partial charge in [-0.05, 0) is 37.0 Å². The number of carbonyl (C=O) groups is 1. The number of ketones is 1. The van der Waals surface area contributed by atoms with Crippen LogP contribution in [0.25, 0.3) is 5.57 Å². The molecular formula is C21H22O. The highest BCUT2D eigenvalue weighted by Gasteiger charge is 2.48. The maximum atomic E-state index is 12.7. The maximum Gasteiger partial charge on any atom is 0.143 e. The van der Waals surface area contributed by atoms with Crippen molar-refractivity contribution in [2.75, 3.05) is 0 Å². The van der Waals surface area contributed by atoms with Crippen molar-refractivity contribution in [2.24, 2.45) is 5.41 Å². The fourth-order valence-electron chi connectivity index (χ4n) is 3.64. The number of aryl methyl sites for hydroxylation is 1. The summed E-state index contributed by atoms with van der Waals surface area (Å²) < 4.78 is 0. The van der Waals surface area contributed by atoms with Crippen LogP contribution in [0.3, 0.4) is 0 Å². The standard InChI is InChI=1S/C21H22O/c1-15-9-11-17(12-10-15)16(2)21(3)19(13-14-20(21)22)18-7-5-4-6-8-18/h4-12,19H,2,13-14H2,1,3H3/t19-,21-/m1/s1. The molecule has 0 saturated heterocycles. The number of hydrogen-bond acceptors (Lipinski definition) is 1. The molecule has 0 N–H and O–H groups in total. The summed E-state index contributed by atoms with van der Waals surface area (Å²) in [7, 11) is 0. The molecule has 1 nitrogen and oxygen atoms in total. The fraction of sp³-hybridized carbons (Fsp3) is 0.286. The van der Waals surface area contributed by atoms with E-state index in [1.54, 1.807) is 0 Å². The largest absolute Gasteiger partial charge is 0.299 e. The minimum Gasteiger partial charge on any atom is -0.299 e. The SMILES string of the molecule is C=C(c1ccc(C)cc1)[C@@]1(C)C(=O)CC[C@@H]1c1ccccc1. The smallest absolute Gasteiger partial charge is 0.143 e. The molecule has 1 aliphatic carbocycles. The van der Waals surface area contributed by atoms with Gasteiger partial charge in [-0.15, -0.1) is 0 Å². The number of carbonyl (C=O) groups excluding carboxylic acids is 1. The van der Waals surface area contributed by atoms with Crippen molar-refractivity contribution >= 4 is 11.4 Å². The van der Waals surface area contributed by atoms with Crippen molar-refractivity contribution < 1.29 is 4.79 Å². The Hall–Kier alpha value is -2.15.